The Morgan fingerprint density at radius 2 is 1.90 bits per heavy atom. The summed E-state index contributed by atoms with van der Waals surface area (Å²) in [4.78, 5) is 0.725. The largest absolute Gasteiger partial charge is 0.447 e. The molecule has 4 rings (SSSR count). The minimum atomic E-state index is 0.675. The molecule has 3 aromatic heterocycles. The lowest BCUT2D eigenvalue weighted by molar-refractivity contribution is 0.554. The van der Waals surface area contributed by atoms with Crippen LogP contribution in [-0.4, -0.2) is 19.8 Å². The molecule has 0 saturated heterocycles. The highest BCUT2D eigenvalue weighted by molar-refractivity contribution is 9.10. The minimum absolute atomic E-state index is 0.675. The predicted molar refractivity (Wildman–Crippen MR) is 87.2 cm³/mol. The number of aromatic nitrogens is 4. The van der Waals surface area contributed by atoms with E-state index in [1.807, 2.05) is 36.4 Å². The molecule has 0 fully saturated rings. The highest BCUT2D eigenvalue weighted by atomic mass is 79.9. The van der Waals surface area contributed by atoms with Crippen LogP contribution in [0.2, 0.25) is 0 Å². The molecule has 0 spiro atoms. The van der Waals surface area contributed by atoms with Gasteiger partial charge in [-0.2, -0.15) is 4.52 Å². The van der Waals surface area contributed by atoms with Crippen molar-refractivity contribution < 1.29 is 4.42 Å². The Balaban J connectivity index is 1.89. The molecular weight excluding hydrogens is 420 g/mol. The fourth-order valence-electron chi connectivity index (χ4n) is 1.96. The Kier molecular flexibility index (Phi) is 3.16. The second kappa shape index (κ2) is 5.04. The van der Waals surface area contributed by atoms with E-state index in [-0.39, 0.29) is 0 Å². The molecule has 0 N–H and O–H groups in total. The third-order valence-corrected chi connectivity index (χ3v) is 4.92. The van der Waals surface area contributed by atoms with Gasteiger partial charge in [-0.25, -0.2) is 0 Å². The van der Waals surface area contributed by atoms with E-state index in [4.69, 9.17) is 4.42 Å². The molecule has 21 heavy (non-hydrogen) atoms. The van der Waals surface area contributed by atoms with Crippen LogP contribution in [0.4, 0.5) is 0 Å². The first-order chi connectivity index (χ1) is 10.2. The minimum Gasteiger partial charge on any atom is -0.447 e. The molecule has 0 radical (unpaired) electrons. The predicted octanol–water partition coefficient (Wildman–Crippen LogP) is 4.64. The number of hydrogen-bond donors (Lipinski definition) is 0. The van der Waals surface area contributed by atoms with Gasteiger partial charge >= 0.3 is 0 Å². The Bertz CT molecular complexity index is 943. The molecule has 8 heteroatoms. The van der Waals surface area contributed by atoms with Gasteiger partial charge in [0.1, 0.15) is 0 Å². The normalized spacial score (nSPS) is 11.3. The van der Waals surface area contributed by atoms with E-state index < -0.39 is 0 Å². The molecule has 1 aromatic carbocycles. The lowest BCUT2D eigenvalue weighted by atomic mass is 10.2. The number of rotatable bonds is 2. The first kappa shape index (κ1) is 13.2. The number of nitrogens with zero attached hydrogens (tertiary/aromatic N) is 4. The molecule has 0 bridgehead atoms. The first-order valence-corrected chi connectivity index (χ1v) is 8.35. The van der Waals surface area contributed by atoms with Gasteiger partial charge < -0.3 is 4.42 Å². The fraction of sp³-hybridized carbons (Fsp3) is 0. The zero-order valence-corrected chi connectivity index (χ0v) is 14.3. The standard InChI is InChI=1S/C13H6Br2N4OS/c14-8-4-2-1-3-7(8)11-16-17-13-19(11)18-12(21-13)9-5-6-10(15)20-9/h1-6H. The van der Waals surface area contributed by atoms with Gasteiger partial charge in [0.2, 0.25) is 4.96 Å². The van der Waals surface area contributed by atoms with Gasteiger partial charge in [0.25, 0.3) is 0 Å². The third kappa shape index (κ3) is 2.23. The fourth-order valence-corrected chi connectivity index (χ4v) is 3.53. The summed E-state index contributed by atoms with van der Waals surface area (Å²) in [6, 6.07) is 11.6. The molecule has 0 atom stereocenters. The van der Waals surface area contributed by atoms with E-state index >= 15 is 0 Å². The molecule has 0 amide bonds. The summed E-state index contributed by atoms with van der Waals surface area (Å²) in [6.45, 7) is 0. The Hall–Kier alpha value is -1.51. The zero-order valence-electron chi connectivity index (χ0n) is 10.3. The van der Waals surface area contributed by atoms with Gasteiger partial charge in [-0.15, -0.1) is 15.3 Å². The molecule has 3 heterocycles. The summed E-state index contributed by atoms with van der Waals surface area (Å²) in [5.74, 6) is 1.40. The Morgan fingerprint density at radius 3 is 2.67 bits per heavy atom. The van der Waals surface area contributed by atoms with Crippen LogP contribution in [0.3, 0.4) is 0 Å². The van der Waals surface area contributed by atoms with Crippen LogP contribution < -0.4 is 0 Å². The molecule has 0 aliphatic carbocycles. The van der Waals surface area contributed by atoms with Crippen molar-refractivity contribution in [3.8, 4) is 22.2 Å². The zero-order chi connectivity index (χ0) is 14.4. The van der Waals surface area contributed by atoms with E-state index in [1.54, 1.807) is 4.52 Å². The lowest BCUT2D eigenvalue weighted by Crippen LogP contribution is -1.91. The van der Waals surface area contributed by atoms with E-state index in [0.29, 0.717) is 16.3 Å². The first-order valence-electron chi connectivity index (χ1n) is 5.95. The van der Waals surface area contributed by atoms with Crippen LogP contribution in [0.15, 0.2) is 50.0 Å². The van der Waals surface area contributed by atoms with Crippen LogP contribution in [0, 0.1) is 0 Å². The summed E-state index contributed by atoms with van der Waals surface area (Å²) in [5, 5.41) is 13.7. The van der Waals surface area contributed by atoms with E-state index in [1.165, 1.54) is 11.3 Å². The van der Waals surface area contributed by atoms with Gasteiger partial charge in [0, 0.05) is 10.0 Å². The van der Waals surface area contributed by atoms with Gasteiger partial charge in [-0.3, -0.25) is 0 Å². The van der Waals surface area contributed by atoms with Crippen LogP contribution in [0.25, 0.3) is 27.1 Å². The van der Waals surface area contributed by atoms with Crippen molar-refractivity contribution in [2.75, 3.05) is 0 Å². The Labute approximate surface area is 139 Å². The molecule has 4 aromatic rings. The highest BCUT2D eigenvalue weighted by Gasteiger charge is 2.17. The quantitative estimate of drug-likeness (QED) is 0.469. The molecule has 0 aliphatic heterocycles. The average Bonchev–Trinajstić information content (AvgIpc) is 3.14. The molecular formula is C13H6Br2N4OS. The summed E-state index contributed by atoms with van der Waals surface area (Å²) in [6.07, 6.45) is 0. The van der Waals surface area contributed by atoms with E-state index in [9.17, 15) is 0 Å². The summed E-state index contributed by atoms with van der Waals surface area (Å²) in [5.41, 5.74) is 0.947. The molecule has 104 valence electrons. The maximum absolute atomic E-state index is 5.53. The highest BCUT2D eigenvalue weighted by Crippen LogP contribution is 2.32. The summed E-state index contributed by atoms with van der Waals surface area (Å²) < 4.78 is 8.89. The van der Waals surface area contributed by atoms with Crippen molar-refractivity contribution in [1.82, 2.24) is 19.8 Å². The van der Waals surface area contributed by atoms with Crippen molar-refractivity contribution in [3.05, 3.63) is 45.5 Å². The maximum Gasteiger partial charge on any atom is 0.235 e. The van der Waals surface area contributed by atoms with Gasteiger partial charge in [-0.05, 0) is 40.2 Å². The van der Waals surface area contributed by atoms with Crippen molar-refractivity contribution in [1.29, 1.82) is 0 Å². The molecule has 0 saturated carbocycles. The monoisotopic (exact) mass is 424 g/mol. The number of hydrogen-bond acceptors (Lipinski definition) is 5. The van der Waals surface area contributed by atoms with E-state index in [0.717, 1.165) is 20.0 Å². The second-order valence-corrected chi connectivity index (χ2v) is 6.80. The topological polar surface area (TPSA) is 56.2 Å². The number of furan rings is 1. The smallest absolute Gasteiger partial charge is 0.235 e. The second-order valence-electron chi connectivity index (χ2n) is 4.21. The SMILES string of the molecule is Brc1ccc(-c2nn3c(-c4ccccc4Br)nnc3s2)o1. The van der Waals surface area contributed by atoms with Gasteiger partial charge in [-0.1, -0.05) is 39.4 Å². The number of benzene rings is 1. The van der Waals surface area contributed by atoms with Crippen molar-refractivity contribution in [3.63, 3.8) is 0 Å². The molecule has 0 unspecified atom stereocenters. The van der Waals surface area contributed by atoms with Crippen LogP contribution in [0.1, 0.15) is 0 Å². The van der Waals surface area contributed by atoms with Crippen LogP contribution in [0.5, 0.6) is 0 Å². The lowest BCUT2D eigenvalue weighted by Gasteiger charge is -1.99. The summed E-state index contributed by atoms with van der Waals surface area (Å²) >= 11 is 8.26. The molecule has 0 aliphatic rings. The third-order valence-electron chi connectivity index (χ3n) is 2.89. The van der Waals surface area contributed by atoms with Crippen LogP contribution in [-0.2, 0) is 0 Å². The summed E-state index contributed by atoms with van der Waals surface area (Å²) in [7, 11) is 0. The van der Waals surface area contributed by atoms with E-state index in [2.05, 4.69) is 47.2 Å². The maximum atomic E-state index is 5.53. The van der Waals surface area contributed by atoms with Gasteiger partial charge in [0.15, 0.2) is 21.3 Å². The average molecular weight is 426 g/mol. The molecule has 5 nitrogen and oxygen atoms in total. The van der Waals surface area contributed by atoms with Crippen molar-refractivity contribution in [2.45, 2.75) is 0 Å². The van der Waals surface area contributed by atoms with Gasteiger partial charge in [0.05, 0.1) is 0 Å². The number of halogens is 2. The van der Waals surface area contributed by atoms with Crippen LogP contribution >= 0.6 is 43.2 Å². The van der Waals surface area contributed by atoms with Crippen molar-refractivity contribution in [2.24, 2.45) is 0 Å². The Morgan fingerprint density at radius 1 is 1.05 bits per heavy atom. The number of fused-ring (bicyclic) bond motifs is 1. The van der Waals surface area contributed by atoms with Crippen molar-refractivity contribution >= 4 is 48.2 Å².